The molecule has 2 N–H and O–H groups in total. The maximum absolute atomic E-state index is 12.5. The maximum atomic E-state index is 12.5. The van der Waals surface area contributed by atoms with Gasteiger partial charge in [-0.2, -0.15) is 8.78 Å². The van der Waals surface area contributed by atoms with Gasteiger partial charge in [0.25, 0.3) is 11.5 Å². The van der Waals surface area contributed by atoms with Gasteiger partial charge in [-0.15, -0.1) is 0 Å². The number of alkyl halides is 2. The van der Waals surface area contributed by atoms with Crippen molar-refractivity contribution in [1.29, 1.82) is 0 Å². The molecule has 0 spiro atoms. The fourth-order valence-electron chi connectivity index (χ4n) is 2.86. The number of aryl methyl sites for hydroxylation is 1. The van der Waals surface area contributed by atoms with Crippen molar-refractivity contribution in [2.75, 3.05) is 0 Å². The van der Waals surface area contributed by atoms with Gasteiger partial charge in [0.1, 0.15) is 5.75 Å². The number of ether oxygens (including phenoxy) is 1. The molecule has 3 rings (SSSR count). The van der Waals surface area contributed by atoms with Crippen molar-refractivity contribution in [3.05, 3.63) is 64.1 Å². The standard InChI is InChI=1S/C17H15F2N3O4/c1-10-3-2-8-22(13(10)23)9-17(14(24)20-16(25)21-17)11-4-6-12(7-5-11)26-15(18)19/h2-8,15H,9H2,1H3,(H2,20,21,24,25). The third-order valence-corrected chi connectivity index (χ3v) is 4.13. The van der Waals surface area contributed by atoms with E-state index in [-0.39, 0.29) is 17.9 Å². The van der Waals surface area contributed by atoms with Crippen LogP contribution in [-0.2, 0) is 16.9 Å². The normalized spacial score (nSPS) is 19.4. The highest BCUT2D eigenvalue weighted by Gasteiger charge is 2.48. The lowest BCUT2D eigenvalue weighted by Crippen LogP contribution is -2.49. The van der Waals surface area contributed by atoms with Gasteiger partial charge in [-0.25, -0.2) is 4.79 Å². The molecule has 26 heavy (non-hydrogen) atoms. The Hall–Kier alpha value is -3.23. The van der Waals surface area contributed by atoms with Crippen molar-refractivity contribution in [2.45, 2.75) is 25.6 Å². The van der Waals surface area contributed by atoms with E-state index in [4.69, 9.17) is 0 Å². The first-order valence-corrected chi connectivity index (χ1v) is 7.67. The molecule has 0 radical (unpaired) electrons. The summed E-state index contributed by atoms with van der Waals surface area (Å²) in [6.45, 7) is -1.50. The molecular weight excluding hydrogens is 348 g/mol. The van der Waals surface area contributed by atoms with Crippen molar-refractivity contribution in [1.82, 2.24) is 15.2 Å². The fraction of sp³-hybridized carbons (Fsp3) is 0.235. The lowest BCUT2D eigenvalue weighted by molar-refractivity contribution is -0.124. The third kappa shape index (κ3) is 3.15. The summed E-state index contributed by atoms with van der Waals surface area (Å²) in [5.74, 6) is -0.727. The van der Waals surface area contributed by atoms with Gasteiger partial charge in [0.15, 0.2) is 5.54 Å². The number of imide groups is 1. The first kappa shape index (κ1) is 17.6. The molecular formula is C17H15F2N3O4. The number of urea groups is 1. The second-order valence-corrected chi connectivity index (χ2v) is 5.84. The number of rotatable bonds is 5. The van der Waals surface area contributed by atoms with Gasteiger partial charge in [-0.3, -0.25) is 14.9 Å². The molecule has 1 aromatic heterocycles. The van der Waals surface area contributed by atoms with Crippen molar-refractivity contribution in [3.63, 3.8) is 0 Å². The number of pyridine rings is 1. The Labute approximate surface area is 146 Å². The van der Waals surface area contributed by atoms with Crippen LogP contribution in [0.5, 0.6) is 5.75 Å². The van der Waals surface area contributed by atoms with E-state index < -0.39 is 24.1 Å². The second kappa shape index (κ2) is 6.58. The van der Waals surface area contributed by atoms with Gasteiger partial charge in [0.2, 0.25) is 0 Å². The van der Waals surface area contributed by atoms with Gasteiger partial charge in [0, 0.05) is 11.8 Å². The van der Waals surface area contributed by atoms with Crippen molar-refractivity contribution in [3.8, 4) is 5.75 Å². The molecule has 1 saturated heterocycles. The molecule has 9 heteroatoms. The van der Waals surface area contributed by atoms with Crippen LogP contribution >= 0.6 is 0 Å². The summed E-state index contributed by atoms with van der Waals surface area (Å²) in [6, 6.07) is 7.89. The van der Waals surface area contributed by atoms with E-state index in [0.29, 0.717) is 11.1 Å². The Morgan fingerprint density at radius 1 is 1.15 bits per heavy atom. The van der Waals surface area contributed by atoms with E-state index in [9.17, 15) is 23.2 Å². The van der Waals surface area contributed by atoms with Crippen LogP contribution in [0.4, 0.5) is 13.6 Å². The molecule has 7 nitrogen and oxygen atoms in total. The number of carbonyl (C=O) groups is 2. The smallest absolute Gasteiger partial charge is 0.387 e. The van der Waals surface area contributed by atoms with Crippen LogP contribution in [0.2, 0.25) is 0 Å². The summed E-state index contributed by atoms with van der Waals surface area (Å²) in [5, 5.41) is 4.69. The minimum atomic E-state index is -2.98. The quantitative estimate of drug-likeness (QED) is 0.788. The van der Waals surface area contributed by atoms with Crippen LogP contribution in [0.15, 0.2) is 47.4 Å². The third-order valence-electron chi connectivity index (χ3n) is 4.13. The number of carbonyl (C=O) groups excluding carboxylic acids is 2. The first-order valence-electron chi connectivity index (χ1n) is 7.67. The SMILES string of the molecule is Cc1cccn(CC2(c3ccc(OC(F)F)cc3)NC(=O)NC2=O)c1=O. The Balaban J connectivity index is 2.03. The molecule has 2 aromatic rings. The maximum Gasteiger partial charge on any atom is 0.387 e. The molecule has 1 fully saturated rings. The van der Waals surface area contributed by atoms with Gasteiger partial charge in [0.05, 0.1) is 6.54 Å². The summed E-state index contributed by atoms with van der Waals surface area (Å²) >= 11 is 0. The molecule has 0 aliphatic carbocycles. The number of halogens is 2. The van der Waals surface area contributed by atoms with Crippen LogP contribution in [0.1, 0.15) is 11.1 Å². The fourth-order valence-corrected chi connectivity index (χ4v) is 2.86. The van der Waals surface area contributed by atoms with Crippen LogP contribution in [0.3, 0.4) is 0 Å². The van der Waals surface area contributed by atoms with E-state index in [1.165, 1.54) is 35.0 Å². The number of benzene rings is 1. The predicted molar refractivity (Wildman–Crippen MR) is 86.9 cm³/mol. The van der Waals surface area contributed by atoms with Crippen molar-refractivity contribution in [2.24, 2.45) is 0 Å². The van der Waals surface area contributed by atoms with Gasteiger partial charge < -0.3 is 14.6 Å². The van der Waals surface area contributed by atoms with Gasteiger partial charge >= 0.3 is 12.6 Å². The molecule has 1 unspecified atom stereocenters. The van der Waals surface area contributed by atoms with Crippen molar-refractivity contribution < 1.29 is 23.1 Å². The second-order valence-electron chi connectivity index (χ2n) is 5.84. The molecule has 0 bridgehead atoms. The lowest BCUT2D eigenvalue weighted by atomic mass is 9.89. The topological polar surface area (TPSA) is 89.4 Å². The van der Waals surface area contributed by atoms with E-state index in [1.54, 1.807) is 19.1 Å². The molecule has 1 aliphatic heterocycles. The van der Waals surface area contributed by atoms with Crippen LogP contribution in [0, 0.1) is 6.92 Å². The van der Waals surface area contributed by atoms with Crippen molar-refractivity contribution >= 4 is 11.9 Å². The molecule has 3 amide bonds. The minimum Gasteiger partial charge on any atom is -0.435 e. The number of nitrogens with one attached hydrogen (secondary N) is 2. The highest BCUT2D eigenvalue weighted by Crippen LogP contribution is 2.29. The average Bonchev–Trinajstić information content (AvgIpc) is 2.86. The van der Waals surface area contributed by atoms with Crippen LogP contribution < -0.4 is 20.9 Å². The predicted octanol–water partition coefficient (Wildman–Crippen LogP) is 1.49. The summed E-state index contributed by atoms with van der Waals surface area (Å²) < 4.78 is 30.2. The number of aromatic nitrogens is 1. The summed E-state index contributed by atoms with van der Waals surface area (Å²) in [6.07, 6.45) is 1.50. The monoisotopic (exact) mass is 363 g/mol. The van der Waals surface area contributed by atoms with Gasteiger partial charge in [-0.05, 0) is 30.7 Å². The Bertz CT molecular complexity index is 911. The largest absolute Gasteiger partial charge is 0.435 e. The zero-order valence-corrected chi connectivity index (χ0v) is 13.7. The Kier molecular flexibility index (Phi) is 4.45. The van der Waals surface area contributed by atoms with Crippen LogP contribution in [-0.4, -0.2) is 23.1 Å². The molecule has 1 atom stereocenters. The van der Waals surface area contributed by atoms with E-state index in [0.717, 1.165) is 0 Å². The zero-order chi connectivity index (χ0) is 18.9. The molecule has 1 aliphatic rings. The van der Waals surface area contributed by atoms with E-state index in [1.807, 2.05) is 0 Å². The van der Waals surface area contributed by atoms with E-state index in [2.05, 4.69) is 15.4 Å². The number of hydrogen-bond acceptors (Lipinski definition) is 4. The number of hydrogen-bond donors (Lipinski definition) is 2. The van der Waals surface area contributed by atoms with Gasteiger partial charge in [-0.1, -0.05) is 18.2 Å². The summed E-state index contributed by atoms with van der Waals surface area (Å²) in [7, 11) is 0. The number of nitrogens with zero attached hydrogens (tertiary/aromatic N) is 1. The molecule has 136 valence electrons. The molecule has 1 aromatic carbocycles. The highest BCUT2D eigenvalue weighted by molar-refractivity contribution is 6.07. The number of amides is 3. The highest BCUT2D eigenvalue weighted by atomic mass is 19.3. The molecule has 2 heterocycles. The minimum absolute atomic E-state index is 0.0867. The van der Waals surface area contributed by atoms with Crippen LogP contribution in [0.25, 0.3) is 0 Å². The van der Waals surface area contributed by atoms with E-state index >= 15 is 0 Å². The lowest BCUT2D eigenvalue weighted by Gasteiger charge is -2.27. The first-order chi connectivity index (χ1) is 12.3. The summed E-state index contributed by atoms with van der Waals surface area (Å²) in [5.41, 5.74) is -1.04. The molecule has 0 saturated carbocycles. The zero-order valence-electron chi connectivity index (χ0n) is 13.7. The Morgan fingerprint density at radius 2 is 1.85 bits per heavy atom. The Morgan fingerprint density at radius 3 is 2.42 bits per heavy atom. The average molecular weight is 363 g/mol. The summed E-state index contributed by atoms with van der Waals surface area (Å²) in [4.78, 5) is 36.6.